The highest BCUT2D eigenvalue weighted by Gasteiger charge is 2.40. The van der Waals surface area contributed by atoms with Crippen molar-refractivity contribution in [3.63, 3.8) is 0 Å². The van der Waals surface area contributed by atoms with Gasteiger partial charge in [-0.25, -0.2) is 9.59 Å². The predicted molar refractivity (Wildman–Crippen MR) is 136 cm³/mol. The second-order valence-corrected chi connectivity index (χ2v) is 8.92. The van der Waals surface area contributed by atoms with Crippen LogP contribution in [0.5, 0.6) is 11.5 Å². The van der Waals surface area contributed by atoms with Gasteiger partial charge in [0.15, 0.2) is 0 Å². The van der Waals surface area contributed by atoms with E-state index in [9.17, 15) is 34.1 Å². The summed E-state index contributed by atoms with van der Waals surface area (Å²) in [6, 6.07) is 8.49. The molecule has 5 amide bonds. The molecule has 0 aromatic heterocycles. The summed E-state index contributed by atoms with van der Waals surface area (Å²) < 4.78 is 10.6. The molecule has 0 bridgehead atoms. The number of hydrogen-bond acceptors (Lipinski definition) is 8. The third-order valence-corrected chi connectivity index (χ3v) is 6.59. The number of carboxylic acid groups (broad SMARTS) is 1. The number of para-hydroxylation sites is 1. The molecule has 1 unspecified atom stereocenters. The van der Waals surface area contributed by atoms with E-state index in [4.69, 9.17) is 9.39 Å². The number of carbonyl (C=O) groups is 5. The summed E-state index contributed by atoms with van der Waals surface area (Å²) in [7, 11) is -0.104. The van der Waals surface area contributed by atoms with E-state index >= 15 is 0 Å². The first-order valence-electron chi connectivity index (χ1n) is 12.2. The first-order chi connectivity index (χ1) is 18.6. The highest BCUT2D eigenvalue weighted by Crippen LogP contribution is 2.30. The van der Waals surface area contributed by atoms with E-state index in [0.717, 1.165) is 4.90 Å². The summed E-state index contributed by atoms with van der Waals surface area (Å²) in [6.07, 6.45) is 0.0542. The van der Waals surface area contributed by atoms with Crippen LogP contribution in [0.4, 0.5) is 4.79 Å². The van der Waals surface area contributed by atoms with Gasteiger partial charge in [-0.3, -0.25) is 19.3 Å². The van der Waals surface area contributed by atoms with Gasteiger partial charge in [-0.15, -0.1) is 0 Å². The molecule has 1 saturated heterocycles. The molecule has 2 aliphatic rings. The van der Waals surface area contributed by atoms with Crippen molar-refractivity contribution in [3.05, 3.63) is 59.2 Å². The van der Waals surface area contributed by atoms with E-state index < -0.39 is 48.8 Å². The number of nitrogens with zero attached hydrogens (tertiary/aromatic N) is 2. The predicted octanol–water partition coefficient (Wildman–Crippen LogP) is -0.0256. The number of piperazine rings is 1. The van der Waals surface area contributed by atoms with Gasteiger partial charge in [-0.2, -0.15) is 0 Å². The molecule has 0 saturated carbocycles. The molecular formula is C25H27BN4O9. The maximum Gasteiger partial charge on any atom is 0.547 e. The van der Waals surface area contributed by atoms with Crippen molar-refractivity contribution in [2.24, 2.45) is 0 Å². The molecule has 204 valence electrons. The molecule has 0 spiro atoms. The molecule has 2 aromatic rings. The zero-order valence-corrected chi connectivity index (χ0v) is 21.2. The van der Waals surface area contributed by atoms with E-state index in [1.165, 1.54) is 24.1 Å². The molecule has 2 atom stereocenters. The molecule has 1 fully saturated rings. The third kappa shape index (κ3) is 5.65. The van der Waals surface area contributed by atoms with Crippen LogP contribution in [0.2, 0.25) is 0 Å². The Balaban J connectivity index is 1.56. The monoisotopic (exact) mass is 538 g/mol. The number of urea groups is 1. The highest BCUT2D eigenvalue weighted by atomic mass is 16.5. The van der Waals surface area contributed by atoms with Crippen LogP contribution in [-0.4, -0.2) is 89.5 Å². The summed E-state index contributed by atoms with van der Waals surface area (Å²) in [5, 5.41) is 25.1. The lowest BCUT2D eigenvalue weighted by Gasteiger charge is -2.33. The molecule has 2 aromatic carbocycles. The van der Waals surface area contributed by atoms with Crippen LogP contribution in [0, 0.1) is 0 Å². The fourth-order valence-corrected chi connectivity index (χ4v) is 4.45. The van der Waals surface area contributed by atoms with Crippen LogP contribution in [0.15, 0.2) is 42.5 Å². The number of imide groups is 1. The lowest BCUT2D eigenvalue weighted by Crippen LogP contribution is -2.60. The number of benzene rings is 2. The van der Waals surface area contributed by atoms with Crippen LogP contribution in [0.3, 0.4) is 0 Å². The number of carbonyl (C=O) groups excluding carboxylic acids is 4. The van der Waals surface area contributed by atoms with Gasteiger partial charge in [0.05, 0.1) is 18.6 Å². The molecule has 14 heteroatoms. The fraction of sp³-hybridized carbons (Fsp3) is 0.320. The Hall–Kier alpha value is -4.59. The third-order valence-electron chi connectivity index (χ3n) is 6.59. The number of ether oxygens (including phenoxy) is 1. The standard InChI is InChI=1S/C25H27BN4O9/c1-3-29-11-12-30(23(33)22(29)32)25(36)28-19(14-7-9-16(38-2)10-8-14)21(31)27-18-13-15-5-4-6-17(24(34)35)20(15)39-26(18)37/h4-10,18-19,37H,3,11-13H2,1-2H3,(H,27,31)(H,28,36)(H,34,35)/t18-,19?/m0/s1. The number of fused-ring (bicyclic) bond motifs is 1. The van der Waals surface area contributed by atoms with Crippen molar-refractivity contribution in [2.75, 3.05) is 26.7 Å². The smallest absolute Gasteiger partial charge is 0.534 e. The average Bonchev–Trinajstić information content (AvgIpc) is 2.93. The molecule has 13 nitrogen and oxygen atoms in total. The summed E-state index contributed by atoms with van der Waals surface area (Å²) in [6.45, 7) is 2.16. The van der Waals surface area contributed by atoms with Crippen molar-refractivity contribution in [3.8, 4) is 11.5 Å². The molecule has 39 heavy (non-hydrogen) atoms. The van der Waals surface area contributed by atoms with Gasteiger partial charge < -0.3 is 35.1 Å². The van der Waals surface area contributed by atoms with Gasteiger partial charge in [0.25, 0.3) is 0 Å². The average molecular weight is 538 g/mol. The number of amides is 5. The Morgan fingerprint density at radius 2 is 1.85 bits per heavy atom. The summed E-state index contributed by atoms with van der Waals surface area (Å²) >= 11 is 0. The zero-order valence-electron chi connectivity index (χ0n) is 21.2. The van der Waals surface area contributed by atoms with E-state index in [-0.39, 0.29) is 30.8 Å². The maximum atomic E-state index is 13.5. The molecule has 2 aliphatic heterocycles. The Labute approximate surface area is 223 Å². The van der Waals surface area contributed by atoms with Crippen molar-refractivity contribution >= 4 is 36.8 Å². The Morgan fingerprint density at radius 1 is 1.13 bits per heavy atom. The first kappa shape index (κ1) is 27.4. The lowest BCUT2D eigenvalue weighted by atomic mass is 9.72. The number of rotatable bonds is 7. The zero-order chi connectivity index (χ0) is 28.3. The Bertz CT molecular complexity index is 1300. The topological polar surface area (TPSA) is 175 Å². The van der Waals surface area contributed by atoms with E-state index in [1.807, 2.05) is 0 Å². The van der Waals surface area contributed by atoms with Crippen molar-refractivity contribution in [1.29, 1.82) is 0 Å². The van der Waals surface area contributed by atoms with Gasteiger partial charge in [-0.05, 0) is 42.7 Å². The number of nitrogens with one attached hydrogen (secondary N) is 2. The van der Waals surface area contributed by atoms with Crippen LogP contribution >= 0.6 is 0 Å². The molecule has 0 aliphatic carbocycles. The van der Waals surface area contributed by atoms with Crippen molar-refractivity contribution < 1.29 is 43.5 Å². The second kappa shape index (κ2) is 11.4. The second-order valence-electron chi connectivity index (χ2n) is 8.92. The minimum atomic E-state index is -1.57. The van der Waals surface area contributed by atoms with Gasteiger partial charge >= 0.3 is 30.9 Å². The lowest BCUT2D eigenvalue weighted by molar-refractivity contribution is -0.153. The summed E-state index contributed by atoms with van der Waals surface area (Å²) in [5.74, 6) is -4.24. The normalized spacial score (nSPS) is 17.6. The summed E-state index contributed by atoms with van der Waals surface area (Å²) in [5.41, 5.74) is 0.683. The van der Waals surface area contributed by atoms with Gasteiger partial charge in [0, 0.05) is 19.6 Å². The molecule has 2 heterocycles. The highest BCUT2D eigenvalue weighted by molar-refractivity contribution is 6.47. The van der Waals surface area contributed by atoms with Crippen LogP contribution < -0.4 is 20.0 Å². The maximum absolute atomic E-state index is 13.5. The Morgan fingerprint density at radius 3 is 2.49 bits per heavy atom. The number of carboxylic acids is 1. The van der Waals surface area contributed by atoms with Crippen LogP contribution in [0.1, 0.15) is 34.5 Å². The SMILES string of the molecule is CCN1CCN(C(=O)NC(C(=O)N[C@H]2Cc3cccc(C(=O)O)c3OB2O)c2ccc(OC)cc2)C(=O)C1=O. The number of hydrogen-bond donors (Lipinski definition) is 4. The van der Waals surface area contributed by atoms with E-state index in [0.29, 0.717) is 23.4 Å². The van der Waals surface area contributed by atoms with Gasteiger partial charge in [0.2, 0.25) is 5.91 Å². The van der Waals surface area contributed by atoms with E-state index in [1.54, 1.807) is 37.3 Å². The minimum absolute atomic E-state index is 0.0115. The van der Waals surface area contributed by atoms with Gasteiger partial charge in [0.1, 0.15) is 17.5 Å². The largest absolute Gasteiger partial charge is 0.547 e. The molecular weight excluding hydrogens is 511 g/mol. The minimum Gasteiger partial charge on any atom is -0.534 e. The molecule has 0 radical (unpaired) electrons. The summed E-state index contributed by atoms with van der Waals surface area (Å²) in [4.78, 5) is 64.9. The van der Waals surface area contributed by atoms with Crippen molar-refractivity contribution in [1.82, 2.24) is 20.4 Å². The quantitative estimate of drug-likeness (QED) is 0.279. The Kier molecular flexibility index (Phi) is 8.05. The number of likely N-dealkylation sites (N-methyl/N-ethyl adjacent to an activating group) is 1. The van der Waals surface area contributed by atoms with Gasteiger partial charge in [-0.1, -0.05) is 24.3 Å². The fourth-order valence-electron chi connectivity index (χ4n) is 4.45. The number of methoxy groups -OCH3 is 1. The van der Waals surface area contributed by atoms with E-state index in [2.05, 4.69) is 10.6 Å². The first-order valence-corrected chi connectivity index (χ1v) is 12.2. The molecule has 4 rings (SSSR count). The molecule has 4 N–H and O–H groups in total. The van der Waals surface area contributed by atoms with Crippen molar-refractivity contribution in [2.45, 2.75) is 25.3 Å². The van der Waals surface area contributed by atoms with Crippen LogP contribution in [-0.2, 0) is 20.8 Å². The van der Waals surface area contributed by atoms with Crippen LogP contribution in [0.25, 0.3) is 0 Å². The number of aromatic carboxylic acids is 1.